The molecule has 7 heteroatoms. The standard InChI is InChI=1S/C18H24N4OS.CH5N/c1-2-23-12-15-21-16-17(22(15)10-6-3-7-11-24)13-8-4-5-9-14(13)20-18(16)19;1-2/h4-5,8-9,24H,2-3,6-7,10-12H2,1H3,(H2,19,20);2H2,1H3. The van der Waals surface area contributed by atoms with Crippen LogP contribution in [0.2, 0.25) is 0 Å². The maximum atomic E-state index is 6.17. The van der Waals surface area contributed by atoms with Crippen molar-refractivity contribution in [3.63, 3.8) is 0 Å². The van der Waals surface area contributed by atoms with Gasteiger partial charge in [0.1, 0.15) is 17.9 Å². The second kappa shape index (κ2) is 10.4. The van der Waals surface area contributed by atoms with Crippen molar-refractivity contribution in [2.24, 2.45) is 5.73 Å². The minimum absolute atomic E-state index is 0.482. The van der Waals surface area contributed by atoms with Crippen molar-refractivity contribution < 1.29 is 4.74 Å². The Balaban J connectivity index is 0.00000117. The number of nitrogens with two attached hydrogens (primary N) is 2. The predicted octanol–water partition coefficient (Wildman–Crippen LogP) is 3.38. The molecule has 0 fully saturated rings. The van der Waals surface area contributed by atoms with Crippen LogP contribution in [0.1, 0.15) is 32.0 Å². The molecule has 0 bridgehead atoms. The van der Waals surface area contributed by atoms with Crippen LogP contribution in [0.3, 0.4) is 0 Å². The molecule has 0 aliphatic rings. The number of hydrogen-bond donors (Lipinski definition) is 3. The fraction of sp³-hybridized carbons (Fsp3) is 0.474. The minimum Gasteiger partial charge on any atom is -0.382 e. The maximum Gasteiger partial charge on any atom is 0.152 e. The third-order valence-corrected chi connectivity index (χ3v) is 4.48. The first-order chi connectivity index (χ1) is 12.8. The summed E-state index contributed by atoms with van der Waals surface area (Å²) in [4.78, 5) is 9.23. The van der Waals surface area contributed by atoms with Crippen LogP contribution in [0.15, 0.2) is 24.3 Å². The van der Waals surface area contributed by atoms with E-state index in [-0.39, 0.29) is 0 Å². The van der Waals surface area contributed by atoms with Crippen molar-refractivity contribution in [2.45, 2.75) is 39.3 Å². The average molecular weight is 376 g/mol. The fourth-order valence-electron chi connectivity index (χ4n) is 3.01. The van der Waals surface area contributed by atoms with Gasteiger partial charge in [0.15, 0.2) is 5.82 Å². The van der Waals surface area contributed by atoms with E-state index in [9.17, 15) is 0 Å². The molecule has 0 saturated heterocycles. The van der Waals surface area contributed by atoms with Crippen LogP contribution < -0.4 is 11.5 Å². The quantitative estimate of drug-likeness (QED) is 0.415. The number of thiol groups is 1. The van der Waals surface area contributed by atoms with Gasteiger partial charge in [0.05, 0.1) is 11.0 Å². The number of anilines is 1. The lowest BCUT2D eigenvalue weighted by atomic mass is 10.2. The topological polar surface area (TPSA) is 92.0 Å². The molecule has 4 N–H and O–H groups in total. The van der Waals surface area contributed by atoms with E-state index in [1.807, 2.05) is 25.1 Å². The first-order valence-electron chi connectivity index (χ1n) is 9.06. The van der Waals surface area contributed by atoms with Gasteiger partial charge in [-0.05, 0) is 38.6 Å². The molecular formula is C19H29N5OS. The van der Waals surface area contributed by atoms with E-state index >= 15 is 0 Å². The number of aromatic nitrogens is 3. The number of para-hydroxylation sites is 1. The Hall–Kier alpha value is -1.83. The Labute approximate surface area is 160 Å². The fourth-order valence-corrected chi connectivity index (χ4v) is 3.23. The van der Waals surface area contributed by atoms with E-state index in [1.54, 1.807) is 0 Å². The van der Waals surface area contributed by atoms with E-state index in [4.69, 9.17) is 15.5 Å². The van der Waals surface area contributed by atoms with Crippen molar-refractivity contribution >= 4 is 40.4 Å². The number of rotatable bonds is 8. The molecule has 26 heavy (non-hydrogen) atoms. The first kappa shape index (κ1) is 20.5. The van der Waals surface area contributed by atoms with Gasteiger partial charge in [0, 0.05) is 18.5 Å². The Morgan fingerprint density at radius 1 is 1.12 bits per heavy atom. The second-order valence-electron chi connectivity index (χ2n) is 5.81. The smallest absolute Gasteiger partial charge is 0.152 e. The minimum atomic E-state index is 0.482. The van der Waals surface area contributed by atoms with Crippen molar-refractivity contribution in [3.05, 3.63) is 30.1 Å². The first-order valence-corrected chi connectivity index (χ1v) is 9.69. The average Bonchev–Trinajstić information content (AvgIpc) is 3.05. The highest BCUT2D eigenvalue weighted by atomic mass is 32.1. The van der Waals surface area contributed by atoms with Gasteiger partial charge < -0.3 is 20.8 Å². The molecule has 3 aromatic rings. The van der Waals surface area contributed by atoms with Crippen molar-refractivity contribution in [2.75, 3.05) is 25.1 Å². The normalized spacial score (nSPS) is 10.9. The Morgan fingerprint density at radius 2 is 1.88 bits per heavy atom. The summed E-state index contributed by atoms with van der Waals surface area (Å²) in [7, 11) is 1.50. The number of hydrogen-bond acceptors (Lipinski definition) is 6. The lowest BCUT2D eigenvalue weighted by molar-refractivity contribution is 0.126. The summed E-state index contributed by atoms with van der Waals surface area (Å²) < 4.78 is 7.87. The number of imidazole rings is 1. The molecule has 0 unspecified atom stereocenters. The van der Waals surface area contributed by atoms with Crippen LogP contribution in [0.5, 0.6) is 0 Å². The van der Waals surface area contributed by atoms with Gasteiger partial charge in [-0.15, -0.1) is 0 Å². The van der Waals surface area contributed by atoms with Crippen molar-refractivity contribution in [1.29, 1.82) is 0 Å². The van der Waals surface area contributed by atoms with Gasteiger partial charge in [-0.2, -0.15) is 12.6 Å². The summed E-state index contributed by atoms with van der Waals surface area (Å²) in [5.74, 6) is 2.33. The molecule has 0 radical (unpaired) electrons. The molecule has 0 saturated carbocycles. The molecule has 0 spiro atoms. The molecule has 1 aromatic carbocycles. The van der Waals surface area contributed by atoms with Crippen LogP contribution in [-0.4, -0.2) is 33.9 Å². The zero-order valence-corrected chi connectivity index (χ0v) is 16.5. The van der Waals surface area contributed by atoms with Gasteiger partial charge in [0.2, 0.25) is 0 Å². The van der Waals surface area contributed by atoms with E-state index in [2.05, 4.69) is 34.0 Å². The molecule has 6 nitrogen and oxygen atoms in total. The molecule has 0 amide bonds. The zero-order valence-electron chi connectivity index (χ0n) is 15.6. The number of nitrogen functional groups attached to an aromatic ring is 1. The second-order valence-corrected chi connectivity index (χ2v) is 6.26. The van der Waals surface area contributed by atoms with E-state index in [0.29, 0.717) is 19.0 Å². The number of aryl methyl sites for hydroxylation is 1. The molecule has 2 aromatic heterocycles. The van der Waals surface area contributed by atoms with Gasteiger partial charge in [-0.25, -0.2) is 9.97 Å². The SMILES string of the molecule is CCOCc1nc2c(N)nc3ccccc3c2n1CCCCCS.CN. The summed E-state index contributed by atoms with van der Waals surface area (Å²) in [6, 6.07) is 8.08. The number of pyridine rings is 1. The number of unbranched alkanes of at least 4 members (excludes halogenated alkanes) is 2. The van der Waals surface area contributed by atoms with Crippen LogP contribution in [0, 0.1) is 0 Å². The summed E-state index contributed by atoms with van der Waals surface area (Å²) >= 11 is 4.29. The predicted molar refractivity (Wildman–Crippen MR) is 113 cm³/mol. The molecule has 0 aliphatic carbocycles. The Morgan fingerprint density at radius 3 is 2.62 bits per heavy atom. The lowest BCUT2D eigenvalue weighted by Gasteiger charge is -2.11. The monoisotopic (exact) mass is 375 g/mol. The molecular weight excluding hydrogens is 346 g/mol. The highest BCUT2D eigenvalue weighted by molar-refractivity contribution is 7.80. The zero-order chi connectivity index (χ0) is 18.9. The largest absolute Gasteiger partial charge is 0.382 e. The molecule has 0 aliphatic heterocycles. The number of fused-ring (bicyclic) bond motifs is 3. The summed E-state index contributed by atoms with van der Waals surface area (Å²) in [5.41, 5.74) is 13.4. The Bertz CT molecular complexity index is 834. The third-order valence-electron chi connectivity index (χ3n) is 4.16. The number of benzene rings is 1. The van der Waals surface area contributed by atoms with E-state index < -0.39 is 0 Å². The third kappa shape index (κ3) is 4.47. The van der Waals surface area contributed by atoms with Crippen LogP contribution >= 0.6 is 12.6 Å². The highest BCUT2D eigenvalue weighted by Gasteiger charge is 2.16. The summed E-state index contributed by atoms with van der Waals surface area (Å²) in [5, 5.41) is 1.09. The molecule has 142 valence electrons. The number of nitrogens with zero attached hydrogens (tertiary/aromatic N) is 3. The Kier molecular flexibility index (Phi) is 8.15. The van der Waals surface area contributed by atoms with Gasteiger partial charge in [-0.1, -0.05) is 24.6 Å². The maximum absolute atomic E-state index is 6.17. The van der Waals surface area contributed by atoms with Gasteiger partial charge in [0.25, 0.3) is 0 Å². The number of ether oxygens (including phenoxy) is 1. The highest BCUT2D eigenvalue weighted by Crippen LogP contribution is 2.29. The lowest BCUT2D eigenvalue weighted by Crippen LogP contribution is -2.06. The molecule has 0 atom stereocenters. The molecule has 3 rings (SSSR count). The summed E-state index contributed by atoms with van der Waals surface area (Å²) in [6.07, 6.45) is 3.36. The van der Waals surface area contributed by atoms with E-state index in [1.165, 1.54) is 7.05 Å². The van der Waals surface area contributed by atoms with Crippen LogP contribution in [-0.2, 0) is 17.9 Å². The van der Waals surface area contributed by atoms with Gasteiger partial charge in [-0.3, -0.25) is 0 Å². The summed E-state index contributed by atoms with van der Waals surface area (Å²) in [6.45, 7) is 4.05. The van der Waals surface area contributed by atoms with Crippen LogP contribution in [0.25, 0.3) is 21.9 Å². The molecule has 2 heterocycles. The van der Waals surface area contributed by atoms with Crippen molar-refractivity contribution in [3.8, 4) is 0 Å². The van der Waals surface area contributed by atoms with Crippen molar-refractivity contribution in [1.82, 2.24) is 14.5 Å². The van der Waals surface area contributed by atoms with Gasteiger partial charge >= 0.3 is 0 Å². The van der Waals surface area contributed by atoms with Crippen LogP contribution in [0.4, 0.5) is 5.82 Å². The van der Waals surface area contributed by atoms with E-state index in [0.717, 1.165) is 59.3 Å².